The van der Waals surface area contributed by atoms with Gasteiger partial charge in [0.1, 0.15) is 0 Å². The highest BCUT2D eigenvalue weighted by molar-refractivity contribution is 6.04. The number of hydrogen-bond acceptors (Lipinski definition) is 4. The Labute approximate surface area is 126 Å². The number of carboxylic acid groups (broad SMARTS) is 1. The van der Waals surface area contributed by atoms with Gasteiger partial charge in [-0.3, -0.25) is 9.59 Å². The van der Waals surface area contributed by atoms with Crippen LogP contribution in [0.15, 0.2) is 48.5 Å². The molecule has 0 fully saturated rings. The van der Waals surface area contributed by atoms with Crippen LogP contribution in [-0.2, 0) is 0 Å². The van der Waals surface area contributed by atoms with Crippen LogP contribution in [0, 0.1) is 0 Å². The topological polar surface area (TPSA) is 150 Å². The Balaban J connectivity index is 0.000000224. The van der Waals surface area contributed by atoms with Gasteiger partial charge in [-0.1, -0.05) is 24.3 Å². The van der Waals surface area contributed by atoms with E-state index in [0.717, 1.165) is 0 Å². The fraction of sp³-hybridized carbons (Fsp3) is 0. The summed E-state index contributed by atoms with van der Waals surface area (Å²) in [7, 11) is 0. The number of amides is 2. The van der Waals surface area contributed by atoms with Gasteiger partial charge in [-0.15, -0.1) is 0 Å². The molecule has 0 atom stereocenters. The minimum atomic E-state index is -1.15. The Kier molecular flexibility index (Phi) is 5.65. The van der Waals surface area contributed by atoms with E-state index in [1.165, 1.54) is 18.2 Å². The van der Waals surface area contributed by atoms with Gasteiger partial charge in [0.15, 0.2) is 0 Å². The third kappa shape index (κ3) is 4.34. The van der Waals surface area contributed by atoms with Gasteiger partial charge in [0.2, 0.25) is 5.91 Å². The number of carbonyl (C=O) groups excluding carboxylic acids is 2. The van der Waals surface area contributed by atoms with Gasteiger partial charge in [-0.2, -0.15) is 0 Å². The minimum absolute atomic E-state index is 0.0324. The van der Waals surface area contributed by atoms with Crippen molar-refractivity contribution in [3.63, 3.8) is 0 Å². The molecule has 2 aromatic carbocycles. The standard InChI is InChI=1S/C8H7NO3.C7H8N2O/c9-7(10)5-3-1-2-4-6(5)8(11)12;8-6-4-2-1-3-5(6)7(9)10/h1-4H,(H2,9,10)(H,11,12);1-4H,8H2,(H2,9,10). The monoisotopic (exact) mass is 301 g/mol. The smallest absolute Gasteiger partial charge is 0.336 e. The molecular formula is C15H15N3O4. The quantitative estimate of drug-likeness (QED) is 0.620. The number of primary amides is 2. The van der Waals surface area contributed by atoms with Crippen LogP contribution in [0.4, 0.5) is 5.69 Å². The lowest BCUT2D eigenvalue weighted by Gasteiger charge is -1.99. The molecule has 0 radical (unpaired) electrons. The third-order valence-corrected chi connectivity index (χ3v) is 2.65. The molecule has 2 rings (SSSR count). The van der Waals surface area contributed by atoms with Crippen molar-refractivity contribution >= 4 is 23.5 Å². The average molecular weight is 301 g/mol. The molecule has 0 bridgehead atoms. The number of carbonyl (C=O) groups is 3. The molecule has 2 aromatic rings. The van der Waals surface area contributed by atoms with Gasteiger partial charge >= 0.3 is 5.97 Å². The highest BCUT2D eigenvalue weighted by Gasteiger charge is 2.12. The molecule has 7 nitrogen and oxygen atoms in total. The summed E-state index contributed by atoms with van der Waals surface area (Å²) in [5.74, 6) is -2.37. The van der Waals surface area contributed by atoms with E-state index < -0.39 is 17.8 Å². The lowest BCUT2D eigenvalue weighted by molar-refractivity contribution is 0.0692. The van der Waals surface area contributed by atoms with E-state index in [9.17, 15) is 14.4 Å². The normalized spacial score (nSPS) is 9.27. The first-order valence-corrected chi connectivity index (χ1v) is 6.11. The number of aromatic carboxylic acids is 1. The van der Waals surface area contributed by atoms with Crippen molar-refractivity contribution < 1.29 is 19.5 Å². The summed E-state index contributed by atoms with van der Waals surface area (Å²) >= 11 is 0. The zero-order valence-corrected chi connectivity index (χ0v) is 11.5. The van der Waals surface area contributed by atoms with Crippen LogP contribution in [0.1, 0.15) is 31.1 Å². The number of nitrogens with two attached hydrogens (primary N) is 3. The van der Waals surface area contributed by atoms with Crippen molar-refractivity contribution in [3.8, 4) is 0 Å². The fourth-order valence-electron chi connectivity index (χ4n) is 1.61. The van der Waals surface area contributed by atoms with E-state index in [1.54, 1.807) is 30.3 Å². The summed E-state index contributed by atoms with van der Waals surface area (Å²) in [6.45, 7) is 0. The summed E-state index contributed by atoms with van der Waals surface area (Å²) in [6.07, 6.45) is 0. The fourth-order valence-corrected chi connectivity index (χ4v) is 1.61. The molecule has 7 N–H and O–H groups in total. The van der Waals surface area contributed by atoms with Gasteiger partial charge in [0, 0.05) is 5.69 Å². The SMILES string of the molecule is NC(=O)c1ccccc1C(=O)O.NC(=O)c1ccccc1N. The van der Waals surface area contributed by atoms with E-state index in [2.05, 4.69) is 0 Å². The number of anilines is 1. The zero-order chi connectivity index (χ0) is 16.7. The van der Waals surface area contributed by atoms with Crippen molar-refractivity contribution in [1.82, 2.24) is 0 Å². The van der Waals surface area contributed by atoms with Crippen molar-refractivity contribution in [2.45, 2.75) is 0 Å². The number of para-hydroxylation sites is 1. The van der Waals surface area contributed by atoms with Crippen molar-refractivity contribution in [1.29, 1.82) is 0 Å². The number of benzene rings is 2. The van der Waals surface area contributed by atoms with Gasteiger partial charge in [-0.25, -0.2) is 4.79 Å². The van der Waals surface area contributed by atoms with Crippen molar-refractivity contribution in [3.05, 3.63) is 65.2 Å². The van der Waals surface area contributed by atoms with Crippen molar-refractivity contribution in [2.24, 2.45) is 11.5 Å². The largest absolute Gasteiger partial charge is 0.478 e. The molecule has 2 amide bonds. The summed E-state index contributed by atoms with van der Waals surface area (Å²) in [6, 6.07) is 12.5. The van der Waals surface area contributed by atoms with E-state index in [4.69, 9.17) is 22.3 Å². The third-order valence-electron chi connectivity index (χ3n) is 2.65. The molecule has 0 aliphatic carbocycles. The van der Waals surface area contributed by atoms with E-state index >= 15 is 0 Å². The highest BCUT2D eigenvalue weighted by Crippen LogP contribution is 2.08. The number of rotatable bonds is 3. The van der Waals surface area contributed by atoms with Crippen LogP contribution in [0.25, 0.3) is 0 Å². The first kappa shape index (κ1) is 16.7. The Hall–Kier alpha value is -3.35. The summed E-state index contributed by atoms with van der Waals surface area (Å²) in [4.78, 5) is 31.8. The maximum Gasteiger partial charge on any atom is 0.336 e. The van der Waals surface area contributed by atoms with Gasteiger partial charge < -0.3 is 22.3 Å². The number of nitrogen functional groups attached to an aromatic ring is 1. The van der Waals surface area contributed by atoms with Gasteiger partial charge in [0.05, 0.1) is 16.7 Å². The molecule has 7 heteroatoms. The van der Waals surface area contributed by atoms with Crippen LogP contribution in [0.3, 0.4) is 0 Å². The minimum Gasteiger partial charge on any atom is -0.478 e. The van der Waals surface area contributed by atoms with Crippen molar-refractivity contribution in [2.75, 3.05) is 5.73 Å². The van der Waals surface area contributed by atoms with Crippen LogP contribution in [0.2, 0.25) is 0 Å². The Morgan fingerprint density at radius 3 is 1.45 bits per heavy atom. The first-order valence-electron chi connectivity index (χ1n) is 6.11. The lowest BCUT2D eigenvalue weighted by Crippen LogP contribution is -2.15. The van der Waals surface area contributed by atoms with E-state index in [-0.39, 0.29) is 11.1 Å². The molecule has 22 heavy (non-hydrogen) atoms. The molecule has 0 saturated heterocycles. The Morgan fingerprint density at radius 1 is 0.727 bits per heavy atom. The van der Waals surface area contributed by atoms with Gasteiger partial charge in [-0.05, 0) is 24.3 Å². The number of hydrogen-bond donors (Lipinski definition) is 4. The highest BCUT2D eigenvalue weighted by atomic mass is 16.4. The molecular weight excluding hydrogens is 286 g/mol. The molecule has 0 saturated carbocycles. The Morgan fingerprint density at radius 2 is 1.14 bits per heavy atom. The molecule has 0 aliphatic rings. The molecule has 114 valence electrons. The molecule has 0 heterocycles. The molecule has 0 unspecified atom stereocenters. The maximum absolute atomic E-state index is 10.7. The summed E-state index contributed by atoms with van der Waals surface area (Å²) < 4.78 is 0. The van der Waals surface area contributed by atoms with Crippen LogP contribution < -0.4 is 17.2 Å². The van der Waals surface area contributed by atoms with E-state index in [1.807, 2.05) is 0 Å². The van der Waals surface area contributed by atoms with Crippen LogP contribution >= 0.6 is 0 Å². The second-order valence-electron chi connectivity index (χ2n) is 4.17. The number of carboxylic acids is 1. The zero-order valence-electron chi connectivity index (χ0n) is 11.5. The second-order valence-corrected chi connectivity index (χ2v) is 4.17. The maximum atomic E-state index is 10.7. The van der Waals surface area contributed by atoms with Crippen LogP contribution in [0.5, 0.6) is 0 Å². The predicted molar refractivity (Wildman–Crippen MR) is 81.3 cm³/mol. The molecule has 0 aliphatic heterocycles. The molecule has 0 spiro atoms. The van der Waals surface area contributed by atoms with E-state index in [0.29, 0.717) is 11.3 Å². The summed E-state index contributed by atoms with van der Waals surface area (Å²) in [5, 5.41) is 8.61. The molecule has 0 aromatic heterocycles. The lowest BCUT2D eigenvalue weighted by atomic mass is 10.1. The second kappa shape index (κ2) is 7.44. The average Bonchev–Trinajstić information content (AvgIpc) is 2.48. The Bertz CT molecular complexity index is 680. The predicted octanol–water partition coefficient (Wildman–Crippen LogP) is 0.851. The summed E-state index contributed by atoms with van der Waals surface area (Å²) in [5.41, 5.74) is 16.1. The first-order chi connectivity index (χ1) is 10.3. The van der Waals surface area contributed by atoms with Gasteiger partial charge in [0.25, 0.3) is 5.91 Å². The van der Waals surface area contributed by atoms with Crippen LogP contribution in [-0.4, -0.2) is 22.9 Å².